The number of nitrogens with one attached hydrogen (secondary N) is 1. The second-order valence-corrected chi connectivity index (χ2v) is 4.52. The fourth-order valence-corrected chi connectivity index (χ4v) is 1.98. The molecule has 0 unspecified atom stereocenters. The van der Waals surface area contributed by atoms with E-state index in [-0.39, 0.29) is 23.6 Å². The minimum atomic E-state index is -0.692. The molecule has 0 atom stereocenters. The van der Waals surface area contributed by atoms with Gasteiger partial charge in [0, 0.05) is 0 Å². The van der Waals surface area contributed by atoms with Crippen LogP contribution in [0.1, 0.15) is 23.1 Å². The number of aromatic amines is 1. The Balaban J connectivity index is 2.27. The Morgan fingerprint density at radius 1 is 1.24 bits per heavy atom. The first kappa shape index (κ1) is 13.2. The molecule has 7 nitrogen and oxygen atoms in total. The van der Waals surface area contributed by atoms with Crippen LogP contribution in [0.25, 0.3) is 22.2 Å². The predicted molar refractivity (Wildman–Crippen MR) is 76.2 cm³/mol. The van der Waals surface area contributed by atoms with Gasteiger partial charge in [-0.1, -0.05) is 6.07 Å². The van der Waals surface area contributed by atoms with Gasteiger partial charge < -0.3 is 4.74 Å². The minimum absolute atomic E-state index is 0.0983. The Kier molecular flexibility index (Phi) is 3.09. The first-order valence-corrected chi connectivity index (χ1v) is 6.44. The molecule has 106 valence electrons. The van der Waals surface area contributed by atoms with Crippen molar-refractivity contribution in [2.45, 2.75) is 13.8 Å². The molecule has 3 aromatic rings. The molecular formula is C14H12N4O3. The zero-order valence-electron chi connectivity index (χ0n) is 11.5. The number of rotatable bonds is 2. The van der Waals surface area contributed by atoms with Crippen LogP contribution in [-0.2, 0) is 4.74 Å². The molecule has 1 N–H and O–H groups in total. The number of carbonyl (C=O) groups excluding carboxylic acids is 1. The van der Waals surface area contributed by atoms with Gasteiger partial charge in [-0.25, -0.2) is 19.7 Å². The van der Waals surface area contributed by atoms with Crippen LogP contribution >= 0.6 is 0 Å². The van der Waals surface area contributed by atoms with E-state index in [2.05, 4.69) is 19.9 Å². The molecule has 2 aromatic heterocycles. The van der Waals surface area contributed by atoms with Gasteiger partial charge in [0.1, 0.15) is 0 Å². The van der Waals surface area contributed by atoms with E-state index in [1.54, 1.807) is 13.0 Å². The van der Waals surface area contributed by atoms with Gasteiger partial charge in [0.15, 0.2) is 11.2 Å². The summed E-state index contributed by atoms with van der Waals surface area (Å²) in [6.07, 6.45) is 0. The van der Waals surface area contributed by atoms with E-state index in [0.29, 0.717) is 11.0 Å². The number of nitrogens with zero attached hydrogens (tertiary/aromatic N) is 3. The Hall–Kier alpha value is -2.83. The van der Waals surface area contributed by atoms with Gasteiger partial charge in [-0.05, 0) is 31.5 Å². The Morgan fingerprint density at radius 2 is 2.05 bits per heavy atom. The Morgan fingerprint density at radius 3 is 2.81 bits per heavy atom. The molecule has 0 bridgehead atoms. The van der Waals surface area contributed by atoms with Gasteiger partial charge >= 0.3 is 5.97 Å². The summed E-state index contributed by atoms with van der Waals surface area (Å²) in [7, 11) is 0. The highest BCUT2D eigenvalue weighted by atomic mass is 16.5. The highest BCUT2D eigenvalue weighted by Crippen LogP contribution is 2.14. The van der Waals surface area contributed by atoms with E-state index >= 15 is 0 Å². The normalized spacial score (nSPS) is 11.0. The number of esters is 1. The standard InChI is InChI=1S/C14H12N4O3/c1-3-21-14(20)12-17-11-10(13(19)18-12)15-9-6-7(2)4-5-8(9)16-11/h4-6H,3H2,1-2H3,(H,16,17,18,19). The Labute approximate surface area is 119 Å². The van der Waals surface area contributed by atoms with E-state index in [4.69, 9.17) is 4.74 Å². The van der Waals surface area contributed by atoms with E-state index in [1.807, 2.05) is 19.1 Å². The molecule has 0 aliphatic rings. The molecule has 21 heavy (non-hydrogen) atoms. The maximum atomic E-state index is 12.0. The van der Waals surface area contributed by atoms with Crippen LogP contribution in [0.15, 0.2) is 23.0 Å². The molecule has 0 spiro atoms. The molecule has 0 aliphatic heterocycles. The molecule has 0 amide bonds. The lowest BCUT2D eigenvalue weighted by Crippen LogP contribution is -2.19. The summed E-state index contributed by atoms with van der Waals surface area (Å²) in [4.78, 5) is 38.6. The minimum Gasteiger partial charge on any atom is -0.460 e. The number of hydrogen-bond donors (Lipinski definition) is 1. The summed E-state index contributed by atoms with van der Waals surface area (Å²) in [6, 6.07) is 5.52. The third kappa shape index (κ3) is 2.33. The largest absolute Gasteiger partial charge is 0.460 e. The molecular weight excluding hydrogens is 272 g/mol. The predicted octanol–water partition coefficient (Wildman–Crippen LogP) is 1.35. The van der Waals surface area contributed by atoms with Crippen molar-refractivity contribution in [2.75, 3.05) is 6.61 Å². The smallest absolute Gasteiger partial charge is 0.374 e. The maximum absolute atomic E-state index is 12.0. The number of hydrogen-bond acceptors (Lipinski definition) is 6. The highest BCUT2D eigenvalue weighted by Gasteiger charge is 2.14. The molecule has 0 radical (unpaired) electrons. The average molecular weight is 284 g/mol. The SMILES string of the molecule is CCOC(=O)c1nc2nc3ccc(C)cc3nc2c(=O)[nH]1. The number of aryl methyl sites for hydroxylation is 1. The van der Waals surface area contributed by atoms with E-state index in [0.717, 1.165) is 5.56 Å². The van der Waals surface area contributed by atoms with E-state index < -0.39 is 11.5 Å². The van der Waals surface area contributed by atoms with Gasteiger partial charge in [-0.2, -0.15) is 0 Å². The van der Waals surface area contributed by atoms with Crippen molar-refractivity contribution in [2.24, 2.45) is 0 Å². The fourth-order valence-electron chi connectivity index (χ4n) is 1.98. The molecule has 0 saturated heterocycles. The quantitative estimate of drug-likeness (QED) is 0.563. The summed E-state index contributed by atoms with van der Waals surface area (Å²) in [5.74, 6) is -0.864. The van der Waals surface area contributed by atoms with E-state index in [1.165, 1.54) is 0 Å². The summed E-state index contributed by atoms with van der Waals surface area (Å²) >= 11 is 0. The van der Waals surface area contributed by atoms with Crippen molar-refractivity contribution in [3.8, 4) is 0 Å². The second-order valence-electron chi connectivity index (χ2n) is 4.52. The summed E-state index contributed by atoms with van der Waals surface area (Å²) in [5, 5.41) is 0. The van der Waals surface area contributed by atoms with Crippen molar-refractivity contribution in [3.63, 3.8) is 0 Å². The molecule has 2 heterocycles. The third-order valence-corrected chi connectivity index (χ3v) is 2.93. The fraction of sp³-hybridized carbons (Fsp3) is 0.214. The number of ether oxygens (including phenoxy) is 1. The number of fused-ring (bicyclic) bond motifs is 2. The van der Waals surface area contributed by atoms with Gasteiger partial charge in [-0.15, -0.1) is 0 Å². The van der Waals surface area contributed by atoms with Gasteiger partial charge in [0.2, 0.25) is 5.82 Å². The highest BCUT2D eigenvalue weighted by molar-refractivity contribution is 5.89. The number of aromatic nitrogens is 4. The lowest BCUT2D eigenvalue weighted by atomic mass is 10.2. The summed E-state index contributed by atoms with van der Waals surface area (Å²) < 4.78 is 4.82. The Bertz CT molecular complexity index is 917. The van der Waals surface area contributed by atoms with Crippen LogP contribution in [-0.4, -0.2) is 32.5 Å². The number of H-pyrrole nitrogens is 1. The van der Waals surface area contributed by atoms with Crippen LogP contribution < -0.4 is 5.56 Å². The van der Waals surface area contributed by atoms with Gasteiger partial charge in [0.25, 0.3) is 5.56 Å². The topological polar surface area (TPSA) is 97.8 Å². The lowest BCUT2D eigenvalue weighted by molar-refractivity contribution is 0.0512. The second kappa shape index (κ2) is 4.93. The average Bonchev–Trinajstić information content (AvgIpc) is 2.46. The first-order valence-electron chi connectivity index (χ1n) is 6.44. The molecule has 7 heteroatoms. The van der Waals surface area contributed by atoms with Crippen LogP contribution in [0.5, 0.6) is 0 Å². The van der Waals surface area contributed by atoms with Crippen molar-refractivity contribution < 1.29 is 9.53 Å². The first-order chi connectivity index (χ1) is 10.1. The maximum Gasteiger partial charge on any atom is 0.374 e. The molecule has 1 aromatic carbocycles. The zero-order chi connectivity index (χ0) is 15.0. The summed E-state index contributed by atoms with van der Waals surface area (Å²) in [5.41, 5.74) is 1.95. The van der Waals surface area contributed by atoms with E-state index in [9.17, 15) is 9.59 Å². The van der Waals surface area contributed by atoms with Crippen molar-refractivity contribution in [1.29, 1.82) is 0 Å². The van der Waals surface area contributed by atoms with Crippen LogP contribution in [0.3, 0.4) is 0 Å². The third-order valence-electron chi connectivity index (χ3n) is 2.93. The van der Waals surface area contributed by atoms with Crippen molar-refractivity contribution in [3.05, 3.63) is 39.9 Å². The monoisotopic (exact) mass is 284 g/mol. The van der Waals surface area contributed by atoms with Crippen LogP contribution in [0.4, 0.5) is 0 Å². The molecule has 0 aliphatic carbocycles. The van der Waals surface area contributed by atoms with Gasteiger partial charge in [0.05, 0.1) is 17.6 Å². The van der Waals surface area contributed by atoms with Crippen LogP contribution in [0, 0.1) is 6.92 Å². The molecule has 3 rings (SSSR count). The molecule has 0 fully saturated rings. The zero-order valence-corrected chi connectivity index (χ0v) is 11.5. The number of carbonyl (C=O) groups is 1. The van der Waals surface area contributed by atoms with Crippen molar-refractivity contribution in [1.82, 2.24) is 19.9 Å². The lowest BCUT2D eigenvalue weighted by Gasteiger charge is -2.03. The van der Waals surface area contributed by atoms with Crippen LogP contribution in [0.2, 0.25) is 0 Å². The molecule has 0 saturated carbocycles. The van der Waals surface area contributed by atoms with Gasteiger partial charge in [-0.3, -0.25) is 9.78 Å². The van der Waals surface area contributed by atoms with Crippen molar-refractivity contribution >= 4 is 28.2 Å². The number of benzene rings is 1. The summed E-state index contributed by atoms with van der Waals surface area (Å²) in [6.45, 7) is 3.80.